The van der Waals surface area contributed by atoms with E-state index in [2.05, 4.69) is 34.0 Å². The van der Waals surface area contributed by atoms with E-state index in [1.54, 1.807) is 0 Å². The van der Waals surface area contributed by atoms with E-state index in [0.29, 0.717) is 6.42 Å². The molecular weight excluding hydrogens is 361 g/mol. The average Bonchev–Trinajstić information content (AvgIpc) is 2.49. The molecule has 1 N–H and O–H groups in total. The van der Waals surface area contributed by atoms with Gasteiger partial charge in [-0.1, -0.05) is 30.3 Å². The minimum atomic E-state index is 0.227. The topological polar surface area (TPSA) is 29.1 Å². The Hall–Kier alpha value is -1.20. The molecule has 1 aliphatic heterocycles. The quantitative estimate of drug-likeness (QED) is 0.657. The van der Waals surface area contributed by atoms with Crippen LogP contribution in [0.15, 0.2) is 42.5 Å². The van der Waals surface area contributed by atoms with E-state index in [4.69, 9.17) is 0 Å². The van der Waals surface area contributed by atoms with Crippen molar-refractivity contribution in [2.45, 2.75) is 19.4 Å². The molecule has 0 saturated heterocycles. The molecule has 3 rings (SSSR count). The molecule has 1 heterocycles. The zero-order valence-electron chi connectivity index (χ0n) is 11.2. The van der Waals surface area contributed by atoms with Crippen LogP contribution in [0.4, 0.5) is 0 Å². The summed E-state index contributed by atoms with van der Waals surface area (Å²) in [6.45, 7) is 1.83. The van der Waals surface area contributed by atoms with Gasteiger partial charge in [0.2, 0.25) is 0 Å². The Labute approximate surface area is 132 Å². The SMILES string of the molecule is O=C(Cc1ccc(I)cc1)c1cccc2c1CCNC2. The maximum Gasteiger partial charge on any atom is 0.167 e. The average molecular weight is 377 g/mol. The number of halogens is 1. The highest BCUT2D eigenvalue weighted by atomic mass is 127. The third-order valence-corrected chi connectivity index (χ3v) is 4.44. The van der Waals surface area contributed by atoms with Gasteiger partial charge in [-0.25, -0.2) is 0 Å². The monoisotopic (exact) mass is 377 g/mol. The fraction of sp³-hybridized carbons (Fsp3) is 0.235. The summed E-state index contributed by atoms with van der Waals surface area (Å²) < 4.78 is 1.20. The predicted molar refractivity (Wildman–Crippen MR) is 89.0 cm³/mol. The third-order valence-electron chi connectivity index (χ3n) is 3.72. The van der Waals surface area contributed by atoms with E-state index in [1.165, 1.54) is 14.7 Å². The molecule has 2 aromatic rings. The van der Waals surface area contributed by atoms with Gasteiger partial charge in [-0.2, -0.15) is 0 Å². The Balaban J connectivity index is 1.85. The van der Waals surface area contributed by atoms with Crippen molar-refractivity contribution in [2.24, 2.45) is 0 Å². The summed E-state index contributed by atoms with van der Waals surface area (Å²) in [5, 5.41) is 3.35. The smallest absolute Gasteiger partial charge is 0.167 e. The van der Waals surface area contributed by atoms with E-state index in [9.17, 15) is 4.79 Å². The fourth-order valence-corrected chi connectivity index (χ4v) is 3.04. The van der Waals surface area contributed by atoms with Gasteiger partial charge >= 0.3 is 0 Å². The molecule has 0 aliphatic carbocycles. The number of hydrogen-bond acceptors (Lipinski definition) is 2. The summed E-state index contributed by atoms with van der Waals surface area (Å²) in [4.78, 5) is 12.5. The second-order valence-electron chi connectivity index (χ2n) is 5.10. The van der Waals surface area contributed by atoms with Crippen molar-refractivity contribution in [1.29, 1.82) is 0 Å². The number of Topliss-reactive ketones (excluding diaryl/α,β-unsaturated/α-hetero) is 1. The van der Waals surface area contributed by atoms with Crippen molar-refractivity contribution in [2.75, 3.05) is 6.54 Å². The van der Waals surface area contributed by atoms with E-state index in [-0.39, 0.29) is 5.78 Å². The van der Waals surface area contributed by atoms with Crippen molar-refractivity contribution in [3.8, 4) is 0 Å². The summed E-state index contributed by atoms with van der Waals surface area (Å²) >= 11 is 2.28. The van der Waals surface area contributed by atoms with Crippen molar-refractivity contribution >= 4 is 28.4 Å². The normalized spacial score (nSPS) is 13.8. The summed E-state index contributed by atoms with van der Waals surface area (Å²) in [5.41, 5.74) is 4.50. The van der Waals surface area contributed by atoms with Crippen LogP contribution in [0.5, 0.6) is 0 Å². The second-order valence-corrected chi connectivity index (χ2v) is 6.34. The first-order valence-electron chi connectivity index (χ1n) is 6.83. The minimum Gasteiger partial charge on any atom is -0.312 e. The molecule has 2 aromatic carbocycles. The highest BCUT2D eigenvalue weighted by molar-refractivity contribution is 14.1. The molecule has 1 aliphatic rings. The molecular formula is C17H16INO. The Morgan fingerprint density at radius 1 is 1.15 bits per heavy atom. The van der Waals surface area contributed by atoms with Crippen LogP contribution in [-0.4, -0.2) is 12.3 Å². The highest BCUT2D eigenvalue weighted by Gasteiger charge is 2.17. The molecule has 102 valence electrons. The van der Waals surface area contributed by atoms with Crippen molar-refractivity contribution in [3.63, 3.8) is 0 Å². The standard InChI is InChI=1S/C17H16INO/c18-14-6-4-12(5-7-14)10-17(20)16-3-1-2-13-11-19-9-8-15(13)16/h1-7,19H,8-11H2. The lowest BCUT2D eigenvalue weighted by molar-refractivity contribution is 0.0992. The van der Waals surface area contributed by atoms with E-state index in [0.717, 1.165) is 30.6 Å². The van der Waals surface area contributed by atoms with Gasteiger partial charge in [-0.05, 0) is 64.4 Å². The molecule has 0 spiro atoms. The van der Waals surface area contributed by atoms with Gasteiger partial charge in [-0.15, -0.1) is 0 Å². The lowest BCUT2D eigenvalue weighted by atomic mass is 9.91. The highest BCUT2D eigenvalue weighted by Crippen LogP contribution is 2.20. The first kappa shape index (κ1) is 13.8. The maximum atomic E-state index is 12.5. The number of rotatable bonds is 3. The fourth-order valence-electron chi connectivity index (χ4n) is 2.68. The summed E-state index contributed by atoms with van der Waals surface area (Å²) in [7, 11) is 0. The van der Waals surface area contributed by atoms with Gasteiger partial charge in [0.05, 0.1) is 0 Å². The predicted octanol–water partition coefficient (Wildman–Crippen LogP) is 3.36. The molecule has 0 amide bonds. The first-order chi connectivity index (χ1) is 9.74. The van der Waals surface area contributed by atoms with Crippen LogP contribution in [-0.2, 0) is 19.4 Å². The number of hydrogen-bond donors (Lipinski definition) is 1. The molecule has 0 radical (unpaired) electrons. The third kappa shape index (κ3) is 2.94. The molecule has 0 aromatic heterocycles. The van der Waals surface area contributed by atoms with E-state index in [1.807, 2.05) is 36.4 Å². The van der Waals surface area contributed by atoms with Crippen molar-refractivity contribution in [1.82, 2.24) is 5.32 Å². The summed E-state index contributed by atoms with van der Waals surface area (Å²) in [6, 6.07) is 14.3. The van der Waals surface area contributed by atoms with Crippen LogP contribution < -0.4 is 5.32 Å². The van der Waals surface area contributed by atoms with Crippen molar-refractivity contribution < 1.29 is 4.79 Å². The van der Waals surface area contributed by atoms with Gasteiger partial charge in [0.1, 0.15) is 0 Å². The second kappa shape index (κ2) is 6.06. The molecule has 2 nitrogen and oxygen atoms in total. The minimum absolute atomic E-state index is 0.227. The van der Waals surface area contributed by atoms with E-state index < -0.39 is 0 Å². The molecule has 0 fully saturated rings. The summed E-state index contributed by atoms with van der Waals surface area (Å²) in [5.74, 6) is 0.227. The van der Waals surface area contributed by atoms with Crippen LogP contribution >= 0.6 is 22.6 Å². The largest absolute Gasteiger partial charge is 0.312 e. The van der Waals surface area contributed by atoms with Crippen LogP contribution in [0, 0.1) is 3.57 Å². The number of ketones is 1. The lowest BCUT2D eigenvalue weighted by Crippen LogP contribution is -2.25. The Kier molecular flexibility index (Phi) is 4.17. The van der Waals surface area contributed by atoms with Crippen LogP contribution in [0.25, 0.3) is 0 Å². The van der Waals surface area contributed by atoms with E-state index >= 15 is 0 Å². The number of fused-ring (bicyclic) bond motifs is 1. The van der Waals surface area contributed by atoms with Gasteiger partial charge in [0.25, 0.3) is 0 Å². The Bertz CT molecular complexity index is 634. The van der Waals surface area contributed by atoms with Gasteiger partial charge in [0.15, 0.2) is 5.78 Å². The number of benzene rings is 2. The number of nitrogens with one attached hydrogen (secondary N) is 1. The maximum absolute atomic E-state index is 12.5. The zero-order valence-corrected chi connectivity index (χ0v) is 13.3. The Morgan fingerprint density at radius 2 is 1.95 bits per heavy atom. The summed E-state index contributed by atoms with van der Waals surface area (Å²) in [6.07, 6.45) is 1.44. The van der Waals surface area contributed by atoms with Crippen LogP contribution in [0.2, 0.25) is 0 Å². The van der Waals surface area contributed by atoms with Gasteiger partial charge in [-0.3, -0.25) is 4.79 Å². The molecule has 0 unspecified atom stereocenters. The van der Waals surface area contributed by atoms with Crippen LogP contribution in [0.3, 0.4) is 0 Å². The number of carbonyl (C=O) groups excluding carboxylic acids is 1. The first-order valence-corrected chi connectivity index (χ1v) is 7.91. The van der Waals surface area contributed by atoms with Crippen LogP contribution in [0.1, 0.15) is 27.0 Å². The zero-order chi connectivity index (χ0) is 13.9. The molecule has 20 heavy (non-hydrogen) atoms. The molecule has 3 heteroatoms. The number of carbonyl (C=O) groups is 1. The molecule has 0 bridgehead atoms. The Morgan fingerprint density at radius 3 is 2.75 bits per heavy atom. The lowest BCUT2D eigenvalue weighted by Gasteiger charge is -2.19. The van der Waals surface area contributed by atoms with Gasteiger partial charge < -0.3 is 5.32 Å². The molecule has 0 saturated carbocycles. The molecule has 0 atom stereocenters. The van der Waals surface area contributed by atoms with Gasteiger partial charge in [0, 0.05) is 22.1 Å². The van der Waals surface area contributed by atoms with Crippen molar-refractivity contribution in [3.05, 3.63) is 68.3 Å².